The monoisotopic (exact) mass is 435 g/mol. The van der Waals surface area contributed by atoms with Gasteiger partial charge in [0.1, 0.15) is 23.1 Å². The van der Waals surface area contributed by atoms with Crippen LogP contribution in [0.25, 0.3) is 11.3 Å². The van der Waals surface area contributed by atoms with E-state index in [1.165, 1.54) is 29.8 Å². The Morgan fingerprint density at radius 3 is 2.42 bits per heavy atom. The first-order chi connectivity index (χ1) is 15.0. The number of carbonyl (C=O) groups excluding carboxylic acids is 1. The Balaban J connectivity index is 1.52. The van der Waals surface area contributed by atoms with Gasteiger partial charge >= 0.3 is 0 Å². The third-order valence-corrected chi connectivity index (χ3v) is 5.24. The highest BCUT2D eigenvalue weighted by molar-refractivity contribution is 7.14. The van der Waals surface area contributed by atoms with Crippen molar-refractivity contribution in [3.8, 4) is 28.5 Å². The summed E-state index contributed by atoms with van der Waals surface area (Å²) >= 11 is 1.23. The fraction of sp³-hybridized carbons (Fsp3) is 0.0870. The number of carbonyl (C=O) groups is 1. The van der Waals surface area contributed by atoms with E-state index in [4.69, 9.17) is 9.47 Å². The molecule has 0 aliphatic heterocycles. The number of nitrogens with zero attached hydrogens (tertiary/aromatic N) is 2. The van der Waals surface area contributed by atoms with Gasteiger partial charge in [0.15, 0.2) is 5.13 Å². The summed E-state index contributed by atoms with van der Waals surface area (Å²) in [7, 11) is 1.59. The van der Waals surface area contributed by atoms with Crippen molar-refractivity contribution in [1.82, 2.24) is 9.97 Å². The van der Waals surface area contributed by atoms with Gasteiger partial charge in [-0.2, -0.15) is 0 Å². The highest BCUT2D eigenvalue weighted by atomic mass is 32.1. The normalized spacial score (nSPS) is 10.5. The van der Waals surface area contributed by atoms with Crippen LogP contribution < -0.4 is 14.8 Å². The molecule has 156 valence electrons. The van der Waals surface area contributed by atoms with E-state index in [1.54, 1.807) is 61.9 Å². The average molecular weight is 435 g/mol. The number of halogens is 1. The Hall–Kier alpha value is -3.78. The molecule has 8 heteroatoms. The fourth-order valence-electron chi connectivity index (χ4n) is 2.99. The first-order valence-electron chi connectivity index (χ1n) is 9.33. The molecule has 2 heterocycles. The Kier molecular flexibility index (Phi) is 5.90. The molecule has 4 aromatic rings. The lowest BCUT2D eigenvalue weighted by Gasteiger charge is -2.11. The molecule has 0 bridgehead atoms. The van der Waals surface area contributed by atoms with E-state index in [0.717, 1.165) is 0 Å². The summed E-state index contributed by atoms with van der Waals surface area (Å²) in [5.41, 5.74) is 1.94. The number of rotatable bonds is 6. The topological polar surface area (TPSA) is 73.3 Å². The van der Waals surface area contributed by atoms with Crippen molar-refractivity contribution in [2.45, 2.75) is 6.92 Å². The van der Waals surface area contributed by atoms with Gasteiger partial charge in [0.25, 0.3) is 5.91 Å². The maximum atomic E-state index is 14.9. The molecule has 1 N–H and O–H groups in total. The largest absolute Gasteiger partial charge is 0.497 e. The van der Waals surface area contributed by atoms with Crippen molar-refractivity contribution in [1.29, 1.82) is 0 Å². The molecule has 0 aliphatic carbocycles. The first kappa shape index (κ1) is 20.5. The fourth-order valence-corrected chi connectivity index (χ4v) is 3.69. The zero-order valence-electron chi connectivity index (χ0n) is 16.8. The number of anilines is 1. The quantitative estimate of drug-likeness (QED) is 0.420. The molecule has 0 spiro atoms. The van der Waals surface area contributed by atoms with Gasteiger partial charge in [-0.3, -0.25) is 15.1 Å². The standard InChI is InChI=1S/C23H18FN3O3S/c1-14-11-18(30-17-5-3-16(29-2)4-6-17)12-19(24)21(14)20-13-31-23(26-20)27-22(28)15-7-9-25-10-8-15/h3-13H,1-2H3,(H,26,27,28). The number of amides is 1. The number of hydrogen-bond acceptors (Lipinski definition) is 6. The smallest absolute Gasteiger partial charge is 0.257 e. The summed E-state index contributed by atoms with van der Waals surface area (Å²) in [6.45, 7) is 1.79. The van der Waals surface area contributed by atoms with Crippen LogP contribution in [0.1, 0.15) is 15.9 Å². The summed E-state index contributed by atoms with van der Waals surface area (Å²) in [5.74, 6) is 0.900. The molecule has 6 nitrogen and oxygen atoms in total. The lowest BCUT2D eigenvalue weighted by Crippen LogP contribution is -2.11. The number of hydrogen-bond donors (Lipinski definition) is 1. The number of benzene rings is 2. The molecule has 0 saturated heterocycles. The molecule has 31 heavy (non-hydrogen) atoms. The van der Waals surface area contributed by atoms with Crippen LogP contribution in [0.2, 0.25) is 0 Å². The number of ether oxygens (including phenoxy) is 2. The lowest BCUT2D eigenvalue weighted by atomic mass is 10.1. The van der Waals surface area contributed by atoms with Gasteiger partial charge in [-0.15, -0.1) is 11.3 Å². The molecular weight excluding hydrogens is 417 g/mol. The van der Waals surface area contributed by atoms with E-state index in [2.05, 4.69) is 15.3 Å². The number of nitrogens with one attached hydrogen (secondary N) is 1. The van der Waals surface area contributed by atoms with E-state index in [-0.39, 0.29) is 5.91 Å². The summed E-state index contributed by atoms with van der Waals surface area (Å²) in [4.78, 5) is 20.5. The van der Waals surface area contributed by atoms with Gasteiger partial charge < -0.3 is 9.47 Å². The molecule has 2 aromatic carbocycles. The van der Waals surface area contributed by atoms with E-state index in [0.29, 0.717) is 44.8 Å². The van der Waals surface area contributed by atoms with E-state index in [1.807, 2.05) is 0 Å². The van der Waals surface area contributed by atoms with Gasteiger partial charge in [0.05, 0.1) is 12.8 Å². The SMILES string of the molecule is COc1ccc(Oc2cc(C)c(-c3csc(NC(=O)c4ccncc4)n3)c(F)c2)cc1. The number of aromatic nitrogens is 2. The Morgan fingerprint density at radius 1 is 1.03 bits per heavy atom. The Bertz CT molecular complexity index is 1190. The van der Waals surface area contributed by atoms with Crippen molar-refractivity contribution >= 4 is 22.4 Å². The highest BCUT2D eigenvalue weighted by Gasteiger charge is 2.16. The molecule has 4 rings (SSSR count). The zero-order chi connectivity index (χ0) is 21.8. The van der Waals surface area contributed by atoms with Gasteiger partial charge in [-0.05, 0) is 55.0 Å². The molecule has 0 saturated carbocycles. The predicted molar refractivity (Wildman–Crippen MR) is 118 cm³/mol. The zero-order valence-corrected chi connectivity index (χ0v) is 17.6. The number of pyridine rings is 1. The summed E-state index contributed by atoms with van der Waals surface area (Å²) in [5, 5.41) is 4.81. The van der Waals surface area contributed by atoms with Crippen molar-refractivity contribution in [3.63, 3.8) is 0 Å². The van der Waals surface area contributed by atoms with Crippen molar-refractivity contribution in [3.05, 3.63) is 83.2 Å². The summed E-state index contributed by atoms with van der Waals surface area (Å²) in [6.07, 6.45) is 3.08. The highest BCUT2D eigenvalue weighted by Crippen LogP contribution is 2.34. The first-order valence-corrected chi connectivity index (χ1v) is 10.2. The van der Waals surface area contributed by atoms with Crippen LogP contribution in [0.3, 0.4) is 0 Å². The van der Waals surface area contributed by atoms with Crippen LogP contribution in [0.15, 0.2) is 66.3 Å². The molecule has 0 unspecified atom stereocenters. The molecule has 0 aliphatic rings. The van der Waals surface area contributed by atoms with Crippen LogP contribution in [-0.2, 0) is 0 Å². The van der Waals surface area contributed by atoms with Gasteiger partial charge in [-0.1, -0.05) is 0 Å². The van der Waals surface area contributed by atoms with Crippen LogP contribution in [0.4, 0.5) is 9.52 Å². The van der Waals surface area contributed by atoms with Crippen molar-refractivity contribution in [2.24, 2.45) is 0 Å². The third-order valence-electron chi connectivity index (χ3n) is 4.48. The van der Waals surface area contributed by atoms with Gasteiger partial charge in [-0.25, -0.2) is 9.37 Å². The summed E-state index contributed by atoms with van der Waals surface area (Å²) < 4.78 is 25.8. The molecule has 1 amide bonds. The second-order valence-corrected chi connectivity index (χ2v) is 7.46. The minimum Gasteiger partial charge on any atom is -0.497 e. The molecule has 0 fully saturated rings. The Labute approximate surface area is 182 Å². The average Bonchev–Trinajstić information content (AvgIpc) is 3.22. The van der Waals surface area contributed by atoms with E-state index < -0.39 is 5.82 Å². The molecule has 0 radical (unpaired) electrons. The number of thiazole rings is 1. The number of methoxy groups -OCH3 is 1. The summed E-state index contributed by atoms with van der Waals surface area (Å²) in [6, 6.07) is 13.3. The molecular formula is C23H18FN3O3S. The molecule has 2 aromatic heterocycles. The lowest BCUT2D eigenvalue weighted by molar-refractivity contribution is 0.102. The maximum Gasteiger partial charge on any atom is 0.257 e. The predicted octanol–water partition coefficient (Wildman–Crippen LogP) is 5.71. The van der Waals surface area contributed by atoms with Crippen LogP contribution in [0, 0.1) is 12.7 Å². The van der Waals surface area contributed by atoms with Crippen molar-refractivity contribution in [2.75, 3.05) is 12.4 Å². The minimum atomic E-state index is -0.458. The van der Waals surface area contributed by atoms with Crippen LogP contribution >= 0.6 is 11.3 Å². The second kappa shape index (κ2) is 8.93. The Morgan fingerprint density at radius 2 is 1.74 bits per heavy atom. The second-order valence-electron chi connectivity index (χ2n) is 6.60. The number of aryl methyl sites for hydroxylation is 1. The van der Waals surface area contributed by atoms with Crippen LogP contribution in [0.5, 0.6) is 17.2 Å². The van der Waals surface area contributed by atoms with Crippen molar-refractivity contribution < 1.29 is 18.7 Å². The third kappa shape index (κ3) is 4.70. The maximum absolute atomic E-state index is 14.9. The van der Waals surface area contributed by atoms with Crippen LogP contribution in [-0.4, -0.2) is 23.0 Å². The minimum absolute atomic E-state index is 0.302. The van der Waals surface area contributed by atoms with E-state index in [9.17, 15) is 9.18 Å². The van der Waals surface area contributed by atoms with E-state index >= 15 is 0 Å². The van der Waals surface area contributed by atoms with Gasteiger partial charge in [0, 0.05) is 35.0 Å². The van der Waals surface area contributed by atoms with Gasteiger partial charge in [0.2, 0.25) is 0 Å². The molecule has 0 atom stereocenters.